The van der Waals surface area contributed by atoms with Gasteiger partial charge in [-0.1, -0.05) is 24.3 Å². The molecule has 0 saturated carbocycles. The molecule has 2 N–H and O–H groups in total. The lowest BCUT2D eigenvalue weighted by Crippen LogP contribution is -2.35. The Hall–Kier alpha value is -2.67. The maximum Gasteiger partial charge on any atom is 0.137 e. The second kappa shape index (κ2) is 7.06. The summed E-state index contributed by atoms with van der Waals surface area (Å²) in [5, 5.41) is 15.7. The fourth-order valence-corrected chi connectivity index (χ4v) is 3.21. The van der Waals surface area contributed by atoms with Crippen LogP contribution in [0.4, 0.5) is 5.82 Å². The van der Waals surface area contributed by atoms with E-state index in [4.69, 9.17) is 0 Å². The average Bonchev–Trinajstić information content (AvgIpc) is 3.24. The molecule has 130 valence electrons. The summed E-state index contributed by atoms with van der Waals surface area (Å²) >= 11 is 0. The van der Waals surface area contributed by atoms with Crippen molar-refractivity contribution in [3.63, 3.8) is 0 Å². The number of aryl methyl sites for hydroxylation is 1. The van der Waals surface area contributed by atoms with E-state index in [2.05, 4.69) is 60.8 Å². The van der Waals surface area contributed by atoms with Crippen LogP contribution < -0.4 is 10.6 Å². The van der Waals surface area contributed by atoms with Gasteiger partial charge in [-0.15, -0.1) is 0 Å². The normalized spacial score (nSPS) is 16.4. The lowest BCUT2D eigenvalue weighted by Gasteiger charge is -2.25. The van der Waals surface area contributed by atoms with Gasteiger partial charge in [-0.25, -0.2) is 14.3 Å². The van der Waals surface area contributed by atoms with Gasteiger partial charge in [-0.2, -0.15) is 10.2 Å². The molecule has 0 spiro atoms. The molecular formula is C18H23N7. The summed E-state index contributed by atoms with van der Waals surface area (Å²) in [6, 6.07) is 10.8. The number of hydrogen-bond donors (Lipinski definition) is 2. The third-order valence-electron chi connectivity index (χ3n) is 4.50. The van der Waals surface area contributed by atoms with Crippen LogP contribution in [-0.4, -0.2) is 37.6 Å². The summed E-state index contributed by atoms with van der Waals surface area (Å²) in [5.74, 6) is 1.69. The van der Waals surface area contributed by atoms with E-state index >= 15 is 0 Å². The van der Waals surface area contributed by atoms with Gasteiger partial charge in [0.1, 0.15) is 18.5 Å². The Balaban J connectivity index is 1.25. The Morgan fingerprint density at radius 2 is 2.08 bits per heavy atom. The number of fused-ring (bicyclic) bond motifs is 1. The number of anilines is 1. The van der Waals surface area contributed by atoms with Crippen molar-refractivity contribution >= 4 is 5.82 Å². The van der Waals surface area contributed by atoms with Crippen molar-refractivity contribution < 1.29 is 0 Å². The van der Waals surface area contributed by atoms with Crippen LogP contribution >= 0.6 is 0 Å². The van der Waals surface area contributed by atoms with Gasteiger partial charge in [0.2, 0.25) is 0 Å². The summed E-state index contributed by atoms with van der Waals surface area (Å²) in [7, 11) is 0. The van der Waals surface area contributed by atoms with Gasteiger partial charge in [-0.3, -0.25) is 0 Å². The molecule has 0 amide bonds. The highest BCUT2D eigenvalue weighted by Gasteiger charge is 2.18. The van der Waals surface area contributed by atoms with Crippen molar-refractivity contribution in [1.82, 2.24) is 29.9 Å². The summed E-state index contributed by atoms with van der Waals surface area (Å²) in [6.07, 6.45) is 3.30. The molecule has 4 rings (SSSR count). The van der Waals surface area contributed by atoms with Crippen LogP contribution in [0, 0.1) is 12.8 Å². The first-order valence-electron chi connectivity index (χ1n) is 8.65. The number of nitrogens with one attached hydrogen (secondary N) is 2. The van der Waals surface area contributed by atoms with Crippen molar-refractivity contribution in [3.8, 4) is 0 Å². The molecule has 1 aromatic carbocycles. The summed E-state index contributed by atoms with van der Waals surface area (Å²) in [6.45, 7) is 6.62. The topological polar surface area (TPSA) is 72.6 Å². The predicted octanol–water partition coefficient (Wildman–Crippen LogP) is 1.66. The Bertz CT molecular complexity index is 805. The van der Waals surface area contributed by atoms with Crippen molar-refractivity contribution in [3.05, 3.63) is 59.8 Å². The molecule has 0 saturated heterocycles. The third kappa shape index (κ3) is 3.88. The Labute approximate surface area is 147 Å². The molecule has 3 heterocycles. The SMILES string of the molecule is Cc1cc2n(n1)C[C@H](CNCc1ccc(Cn3cncn3)cc1)CN2. The molecule has 0 aliphatic carbocycles. The first-order chi connectivity index (χ1) is 12.3. The maximum absolute atomic E-state index is 4.52. The highest BCUT2D eigenvalue weighted by atomic mass is 15.3. The zero-order valence-corrected chi connectivity index (χ0v) is 14.4. The van der Waals surface area contributed by atoms with Crippen molar-refractivity contribution in [2.24, 2.45) is 5.92 Å². The van der Waals surface area contributed by atoms with Gasteiger partial charge in [0, 0.05) is 38.2 Å². The zero-order valence-electron chi connectivity index (χ0n) is 14.4. The van der Waals surface area contributed by atoms with E-state index in [1.165, 1.54) is 11.1 Å². The molecule has 7 heteroatoms. The first-order valence-corrected chi connectivity index (χ1v) is 8.65. The molecule has 0 unspecified atom stereocenters. The van der Waals surface area contributed by atoms with Gasteiger partial charge in [-0.05, 0) is 18.1 Å². The smallest absolute Gasteiger partial charge is 0.137 e. The Morgan fingerprint density at radius 1 is 1.24 bits per heavy atom. The number of hydrogen-bond acceptors (Lipinski definition) is 5. The molecule has 0 bridgehead atoms. The second-order valence-electron chi connectivity index (χ2n) is 6.64. The van der Waals surface area contributed by atoms with E-state index in [-0.39, 0.29) is 0 Å². The van der Waals surface area contributed by atoms with Crippen LogP contribution in [0.1, 0.15) is 16.8 Å². The van der Waals surface area contributed by atoms with E-state index in [1.807, 2.05) is 11.6 Å². The Kier molecular flexibility index (Phi) is 4.47. The van der Waals surface area contributed by atoms with Crippen LogP contribution in [0.25, 0.3) is 0 Å². The average molecular weight is 337 g/mol. The van der Waals surface area contributed by atoms with E-state index in [0.29, 0.717) is 5.92 Å². The minimum Gasteiger partial charge on any atom is -0.370 e. The summed E-state index contributed by atoms with van der Waals surface area (Å²) < 4.78 is 3.90. The quantitative estimate of drug-likeness (QED) is 0.716. The van der Waals surface area contributed by atoms with Crippen LogP contribution in [0.15, 0.2) is 43.0 Å². The van der Waals surface area contributed by atoms with E-state index in [9.17, 15) is 0 Å². The predicted molar refractivity (Wildman–Crippen MR) is 96.2 cm³/mol. The number of rotatable bonds is 6. The molecular weight excluding hydrogens is 314 g/mol. The number of nitrogens with zero attached hydrogens (tertiary/aromatic N) is 5. The van der Waals surface area contributed by atoms with Crippen LogP contribution in [0.2, 0.25) is 0 Å². The lowest BCUT2D eigenvalue weighted by molar-refractivity contribution is 0.390. The lowest BCUT2D eigenvalue weighted by atomic mass is 10.1. The number of benzene rings is 1. The van der Waals surface area contributed by atoms with Gasteiger partial charge in [0.25, 0.3) is 0 Å². The van der Waals surface area contributed by atoms with Crippen molar-refractivity contribution in [2.75, 3.05) is 18.4 Å². The maximum atomic E-state index is 4.52. The largest absolute Gasteiger partial charge is 0.370 e. The zero-order chi connectivity index (χ0) is 17.1. The molecule has 2 aromatic heterocycles. The molecule has 1 atom stereocenters. The van der Waals surface area contributed by atoms with Crippen LogP contribution in [-0.2, 0) is 19.6 Å². The van der Waals surface area contributed by atoms with Gasteiger partial charge < -0.3 is 10.6 Å². The highest BCUT2D eigenvalue weighted by molar-refractivity contribution is 5.38. The van der Waals surface area contributed by atoms with Gasteiger partial charge in [0.15, 0.2) is 0 Å². The van der Waals surface area contributed by atoms with E-state index in [0.717, 1.165) is 44.2 Å². The minimum absolute atomic E-state index is 0.554. The summed E-state index contributed by atoms with van der Waals surface area (Å²) in [5.41, 5.74) is 3.59. The van der Waals surface area contributed by atoms with Crippen molar-refractivity contribution in [2.45, 2.75) is 26.6 Å². The molecule has 7 nitrogen and oxygen atoms in total. The molecule has 25 heavy (non-hydrogen) atoms. The minimum atomic E-state index is 0.554. The second-order valence-corrected chi connectivity index (χ2v) is 6.64. The fourth-order valence-electron chi connectivity index (χ4n) is 3.21. The van der Waals surface area contributed by atoms with Crippen LogP contribution in [0.3, 0.4) is 0 Å². The molecule has 1 aliphatic heterocycles. The van der Waals surface area contributed by atoms with Crippen LogP contribution in [0.5, 0.6) is 0 Å². The molecule has 3 aromatic rings. The van der Waals surface area contributed by atoms with E-state index in [1.54, 1.807) is 12.7 Å². The molecule has 1 aliphatic rings. The summed E-state index contributed by atoms with van der Waals surface area (Å²) in [4.78, 5) is 3.97. The van der Waals surface area contributed by atoms with Gasteiger partial charge >= 0.3 is 0 Å². The fraction of sp³-hybridized carbons (Fsp3) is 0.389. The number of aromatic nitrogens is 5. The monoisotopic (exact) mass is 337 g/mol. The van der Waals surface area contributed by atoms with E-state index < -0.39 is 0 Å². The Morgan fingerprint density at radius 3 is 2.88 bits per heavy atom. The highest BCUT2D eigenvalue weighted by Crippen LogP contribution is 2.18. The molecule has 0 fully saturated rings. The third-order valence-corrected chi connectivity index (χ3v) is 4.50. The standard InChI is InChI=1S/C18H23N7/c1-14-6-18-21-9-17(11-25(18)23-14)8-19-7-15-2-4-16(5-3-15)10-24-13-20-12-22-24/h2-6,12-13,17,19,21H,7-11H2,1H3/t17-/m1/s1. The first kappa shape index (κ1) is 15.8. The van der Waals surface area contributed by atoms with Crippen molar-refractivity contribution in [1.29, 1.82) is 0 Å². The van der Waals surface area contributed by atoms with Gasteiger partial charge in [0.05, 0.1) is 12.2 Å². The molecule has 0 radical (unpaired) electrons.